The van der Waals surface area contributed by atoms with Crippen molar-refractivity contribution in [2.75, 3.05) is 38.5 Å². The van der Waals surface area contributed by atoms with E-state index in [4.69, 9.17) is 5.26 Å². The summed E-state index contributed by atoms with van der Waals surface area (Å²) in [6, 6.07) is 10.3. The molecule has 1 aliphatic rings. The summed E-state index contributed by atoms with van der Waals surface area (Å²) in [6.45, 7) is 3.99. The van der Waals surface area contributed by atoms with E-state index in [9.17, 15) is 0 Å². The lowest BCUT2D eigenvalue weighted by Gasteiger charge is -2.33. The van der Waals surface area contributed by atoms with E-state index in [0.717, 1.165) is 31.9 Å². The second-order valence-electron chi connectivity index (χ2n) is 4.38. The predicted molar refractivity (Wildman–Crippen MR) is 68.9 cm³/mol. The molecule has 1 unspecified atom stereocenters. The molecule has 0 aromatic heterocycles. The number of likely N-dealkylation sites (N-methyl/N-ethyl adjacent to an activating group) is 1. The summed E-state index contributed by atoms with van der Waals surface area (Å²) < 4.78 is 0. The minimum atomic E-state index is 0.482. The van der Waals surface area contributed by atoms with E-state index in [0.29, 0.717) is 11.6 Å². The van der Waals surface area contributed by atoms with Gasteiger partial charge in [0.2, 0.25) is 0 Å². The lowest BCUT2D eigenvalue weighted by molar-refractivity contribution is 0.209. The van der Waals surface area contributed by atoms with E-state index in [-0.39, 0.29) is 0 Å². The number of hydrogen-bond acceptors (Lipinski definition) is 4. The van der Waals surface area contributed by atoms with E-state index in [1.54, 1.807) is 0 Å². The first-order chi connectivity index (χ1) is 8.31. The molecular formula is C13H18N4. The van der Waals surface area contributed by atoms with Crippen LogP contribution in [0.4, 0.5) is 5.69 Å². The topological polar surface area (TPSA) is 51.1 Å². The van der Waals surface area contributed by atoms with E-state index < -0.39 is 0 Å². The van der Waals surface area contributed by atoms with E-state index >= 15 is 0 Å². The van der Waals surface area contributed by atoms with Gasteiger partial charge < -0.3 is 10.6 Å². The number of nitrogens with zero attached hydrogens (tertiary/aromatic N) is 2. The predicted octanol–water partition coefficient (Wildman–Crippen LogP) is 0.874. The summed E-state index contributed by atoms with van der Waals surface area (Å²) >= 11 is 0. The van der Waals surface area contributed by atoms with Crippen molar-refractivity contribution in [3.63, 3.8) is 0 Å². The van der Waals surface area contributed by atoms with Crippen LogP contribution in [0.2, 0.25) is 0 Å². The first-order valence-electron chi connectivity index (χ1n) is 5.95. The van der Waals surface area contributed by atoms with Crippen LogP contribution in [0, 0.1) is 11.3 Å². The number of nitriles is 1. The molecule has 0 bridgehead atoms. The van der Waals surface area contributed by atoms with Crippen LogP contribution in [-0.2, 0) is 0 Å². The average Bonchev–Trinajstić information content (AvgIpc) is 2.38. The Balaban J connectivity index is 1.95. The van der Waals surface area contributed by atoms with Gasteiger partial charge in [-0.2, -0.15) is 5.26 Å². The quantitative estimate of drug-likeness (QED) is 0.809. The monoisotopic (exact) mass is 230 g/mol. The van der Waals surface area contributed by atoms with Crippen molar-refractivity contribution in [3.8, 4) is 6.07 Å². The smallest absolute Gasteiger partial charge is 0.101 e. The maximum Gasteiger partial charge on any atom is 0.101 e. The lowest BCUT2D eigenvalue weighted by Crippen LogP contribution is -2.52. The number of nitrogens with one attached hydrogen (secondary N) is 2. The van der Waals surface area contributed by atoms with E-state index in [1.807, 2.05) is 24.3 Å². The number of hydrogen-bond donors (Lipinski definition) is 2. The molecule has 90 valence electrons. The second kappa shape index (κ2) is 5.67. The number of benzene rings is 1. The van der Waals surface area contributed by atoms with Crippen molar-refractivity contribution in [2.45, 2.75) is 6.04 Å². The molecule has 4 heteroatoms. The molecule has 0 spiro atoms. The van der Waals surface area contributed by atoms with Crippen molar-refractivity contribution in [3.05, 3.63) is 29.8 Å². The van der Waals surface area contributed by atoms with Gasteiger partial charge in [0.1, 0.15) is 6.07 Å². The highest BCUT2D eigenvalue weighted by Gasteiger charge is 2.18. The van der Waals surface area contributed by atoms with Gasteiger partial charge in [-0.3, -0.25) is 4.90 Å². The highest BCUT2D eigenvalue weighted by molar-refractivity contribution is 5.57. The van der Waals surface area contributed by atoms with E-state index in [1.165, 1.54) is 0 Å². The largest absolute Gasteiger partial charge is 0.382 e. The third kappa shape index (κ3) is 2.96. The summed E-state index contributed by atoms with van der Waals surface area (Å²) in [6.07, 6.45) is 0. The minimum Gasteiger partial charge on any atom is -0.382 e. The number of rotatable bonds is 3. The van der Waals surface area contributed by atoms with Crippen molar-refractivity contribution in [2.24, 2.45) is 0 Å². The van der Waals surface area contributed by atoms with Gasteiger partial charge in [-0.15, -0.1) is 0 Å². The molecule has 4 nitrogen and oxygen atoms in total. The molecule has 2 N–H and O–H groups in total. The molecular weight excluding hydrogens is 212 g/mol. The molecule has 1 saturated heterocycles. The molecule has 1 heterocycles. The highest BCUT2D eigenvalue weighted by Crippen LogP contribution is 2.14. The van der Waals surface area contributed by atoms with Crippen molar-refractivity contribution < 1.29 is 0 Å². The van der Waals surface area contributed by atoms with Gasteiger partial charge in [0.05, 0.1) is 11.3 Å². The van der Waals surface area contributed by atoms with Crippen LogP contribution in [0.25, 0.3) is 0 Å². The van der Waals surface area contributed by atoms with Crippen molar-refractivity contribution >= 4 is 5.69 Å². The summed E-state index contributed by atoms with van der Waals surface area (Å²) in [4.78, 5) is 2.35. The summed E-state index contributed by atoms with van der Waals surface area (Å²) in [5, 5.41) is 15.7. The maximum atomic E-state index is 8.99. The van der Waals surface area contributed by atoms with Crippen LogP contribution in [-0.4, -0.2) is 44.2 Å². The Morgan fingerprint density at radius 1 is 1.53 bits per heavy atom. The third-order valence-corrected chi connectivity index (χ3v) is 3.22. The number of para-hydroxylation sites is 1. The fourth-order valence-electron chi connectivity index (χ4n) is 2.05. The third-order valence-electron chi connectivity index (χ3n) is 3.22. The summed E-state index contributed by atoms with van der Waals surface area (Å²) in [5.41, 5.74) is 1.63. The van der Waals surface area contributed by atoms with Gasteiger partial charge in [-0.05, 0) is 19.2 Å². The van der Waals surface area contributed by atoms with Crippen molar-refractivity contribution in [1.29, 1.82) is 5.26 Å². The Bertz CT molecular complexity index is 410. The van der Waals surface area contributed by atoms with Crippen LogP contribution in [0.5, 0.6) is 0 Å². The van der Waals surface area contributed by atoms with Gasteiger partial charge >= 0.3 is 0 Å². The van der Waals surface area contributed by atoms with Crippen LogP contribution in [0.1, 0.15) is 5.56 Å². The fourth-order valence-corrected chi connectivity index (χ4v) is 2.05. The Hall–Kier alpha value is -1.57. The first kappa shape index (κ1) is 11.9. The SMILES string of the molecule is CN1CCNCC1CNc1ccccc1C#N. The highest BCUT2D eigenvalue weighted by atomic mass is 15.2. The lowest BCUT2D eigenvalue weighted by atomic mass is 10.1. The summed E-state index contributed by atoms with van der Waals surface area (Å²) in [5.74, 6) is 0. The molecule has 17 heavy (non-hydrogen) atoms. The Kier molecular flexibility index (Phi) is 3.97. The minimum absolute atomic E-state index is 0.482. The van der Waals surface area contributed by atoms with Gasteiger partial charge in [0.15, 0.2) is 0 Å². The van der Waals surface area contributed by atoms with Gasteiger partial charge in [-0.25, -0.2) is 0 Å². The molecule has 1 aliphatic heterocycles. The average molecular weight is 230 g/mol. The molecule has 1 atom stereocenters. The zero-order valence-corrected chi connectivity index (χ0v) is 10.1. The zero-order valence-electron chi connectivity index (χ0n) is 10.1. The summed E-state index contributed by atoms with van der Waals surface area (Å²) in [7, 11) is 2.14. The van der Waals surface area contributed by atoms with Crippen LogP contribution in [0.3, 0.4) is 0 Å². The molecule has 1 aromatic carbocycles. The molecule has 0 amide bonds. The van der Waals surface area contributed by atoms with Gasteiger partial charge in [-0.1, -0.05) is 12.1 Å². The standard InChI is InChI=1S/C13H18N4/c1-17-7-6-15-9-12(17)10-16-13-5-3-2-4-11(13)8-14/h2-5,12,15-16H,6-7,9-10H2,1H3. The molecule has 0 radical (unpaired) electrons. The normalized spacial score (nSPS) is 20.8. The first-order valence-corrected chi connectivity index (χ1v) is 5.95. The zero-order chi connectivity index (χ0) is 12.1. The number of anilines is 1. The Morgan fingerprint density at radius 3 is 3.12 bits per heavy atom. The second-order valence-corrected chi connectivity index (χ2v) is 4.38. The molecule has 1 aromatic rings. The Labute approximate surface area is 102 Å². The molecule has 0 saturated carbocycles. The van der Waals surface area contributed by atoms with E-state index in [2.05, 4.69) is 28.7 Å². The van der Waals surface area contributed by atoms with Crippen LogP contribution < -0.4 is 10.6 Å². The maximum absolute atomic E-state index is 8.99. The number of piperazine rings is 1. The van der Waals surface area contributed by atoms with Crippen LogP contribution >= 0.6 is 0 Å². The molecule has 1 fully saturated rings. The van der Waals surface area contributed by atoms with Gasteiger partial charge in [0, 0.05) is 32.2 Å². The molecule has 2 rings (SSSR count). The van der Waals surface area contributed by atoms with Gasteiger partial charge in [0.25, 0.3) is 0 Å². The fraction of sp³-hybridized carbons (Fsp3) is 0.462. The Morgan fingerprint density at radius 2 is 2.35 bits per heavy atom. The van der Waals surface area contributed by atoms with Crippen LogP contribution in [0.15, 0.2) is 24.3 Å². The van der Waals surface area contributed by atoms with Crippen molar-refractivity contribution in [1.82, 2.24) is 10.2 Å². The molecule has 0 aliphatic carbocycles.